The number of hydrogen-bond donors (Lipinski definition) is 1. The number of aryl methyl sites for hydroxylation is 2. The van der Waals surface area contributed by atoms with Crippen LogP contribution in [-0.2, 0) is 32.0 Å². The normalized spacial score (nSPS) is 15.0. The molecule has 2 aliphatic rings. The van der Waals surface area contributed by atoms with Crippen molar-refractivity contribution in [2.24, 2.45) is 0 Å². The summed E-state index contributed by atoms with van der Waals surface area (Å²) in [7, 11) is 0. The third kappa shape index (κ3) is 4.50. The minimum Gasteiger partial charge on any atom is -0.452 e. The monoisotopic (exact) mass is 469 g/mol. The second-order valence-electron chi connectivity index (χ2n) is 8.37. The lowest BCUT2D eigenvalue weighted by Gasteiger charge is -2.27. The first kappa shape index (κ1) is 22.3. The molecule has 0 atom stereocenters. The van der Waals surface area contributed by atoms with E-state index in [2.05, 4.69) is 5.43 Å². The SMILES string of the molecule is O=C1CCC(=O)N(c2ccc(C(=O)OCC(=O)N3c4ccccc4CCc4ccccc43)cc2)N1. The first-order valence-electron chi connectivity index (χ1n) is 11.4. The van der Waals surface area contributed by atoms with Crippen molar-refractivity contribution >= 4 is 40.8 Å². The van der Waals surface area contributed by atoms with Crippen LogP contribution in [0.2, 0.25) is 0 Å². The molecule has 0 aromatic heterocycles. The summed E-state index contributed by atoms with van der Waals surface area (Å²) >= 11 is 0. The Labute approximate surface area is 202 Å². The average Bonchev–Trinajstić information content (AvgIpc) is 3.05. The number of rotatable bonds is 4. The number of hydrogen-bond acceptors (Lipinski definition) is 5. The summed E-state index contributed by atoms with van der Waals surface area (Å²) in [6, 6.07) is 21.5. The van der Waals surface area contributed by atoms with E-state index in [0.717, 1.165) is 35.3 Å². The van der Waals surface area contributed by atoms with Crippen molar-refractivity contribution in [1.82, 2.24) is 5.43 Å². The van der Waals surface area contributed by atoms with Crippen LogP contribution in [0.3, 0.4) is 0 Å². The number of carbonyl (C=O) groups excluding carboxylic acids is 4. The number of anilines is 3. The number of esters is 1. The zero-order valence-corrected chi connectivity index (χ0v) is 18.9. The molecule has 0 saturated carbocycles. The van der Waals surface area contributed by atoms with Crippen molar-refractivity contribution in [3.8, 4) is 0 Å². The van der Waals surface area contributed by atoms with Crippen LogP contribution in [-0.4, -0.2) is 30.3 Å². The highest BCUT2D eigenvalue weighted by Crippen LogP contribution is 2.36. The topological polar surface area (TPSA) is 96.0 Å². The van der Waals surface area contributed by atoms with Crippen LogP contribution < -0.4 is 15.3 Å². The predicted octanol–water partition coefficient (Wildman–Crippen LogP) is 3.46. The van der Waals surface area contributed by atoms with Gasteiger partial charge in [0.15, 0.2) is 6.61 Å². The van der Waals surface area contributed by atoms with Gasteiger partial charge in [-0.25, -0.2) is 9.80 Å². The van der Waals surface area contributed by atoms with Crippen LogP contribution in [0, 0.1) is 0 Å². The van der Waals surface area contributed by atoms with Crippen molar-refractivity contribution in [1.29, 1.82) is 0 Å². The van der Waals surface area contributed by atoms with Crippen LogP contribution in [0.4, 0.5) is 17.1 Å². The van der Waals surface area contributed by atoms with Gasteiger partial charge >= 0.3 is 5.97 Å². The first-order valence-corrected chi connectivity index (χ1v) is 11.4. The predicted molar refractivity (Wildman–Crippen MR) is 129 cm³/mol. The highest BCUT2D eigenvalue weighted by Gasteiger charge is 2.27. The molecule has 8 nitrogen and oxygen atoms in total. The molecule has 8 heteroatoms. The molecule has 0 unspecified atom stereocenters. The number of carbonyl (C=O) groups is 4. The van der Waals surface area contributed by atoms with Crippen molar-refractivity contribution in [2.75, 3.05) is 16.5 Å². The molecular weight excluding hydrogens is 446 g/mol. The van der Waals surface area contributed by atoms with Gasteiger partial charge in [0.25, 0.3) is 5.91 Å². The Morgan fingerprint density at radius 1 is 0.771 bits per heavy atom. The van der Waals surface area contributed by atoms with Crippen molar-refractivity contribution < 1.29 is 23.9 Å². The van der Waals surface area contributed by atoms with Gasteiger partial charge in [-0.15, -0.1) is 0 Å². The number of hydrazine groups is 1. The molecule has 176 valence electrons. The fraction of sp³-hybridized carbons (Fsp3) is 0.185. The van der Waals surface area contributed by atoms with Crippen molar-refractivity contribution in [2.45, 2.75) is 25.7 Å². The average molecular weight is 469 g/mol. The molecule has 3 aromatic carbocycles. The standard InChI is InChI=1S/C27H23N3O5/c31-24-15-16-25(32)30(28-24)21-13-11-20(12-14-21)27(34)35-17-26(33)29-22-7-3-1-5-18(22)9-10-19-6-2-4-8-23(19)29/h1-8,11-14H,9-10,15-17H2,(H,28,31). The van der Waals surface area contributed by atoms with E-state index in [1.165, 1.54) is 17.1 Å². The lowest BCUT2D eigenvalue weighted by atomic mass is 10.0. The highest BCUT2D eigenvalue weighted by molar-refractivity contribution is 6.04. The Morgan fingerprint density at radius 2 is 1.37 bits per heavy atom. The van der Waals surface area contributed by atoms with Gasteiger partial charge in [0, 0.05) is 12.8 Å². The lowest BCUT2D eigenvalue weighted by Crippen LogP contribution is -2.50. The minimum atomic E-state index is -0.657. The van der Waals surface area contributed by atoms with E-state index >= 15 is 0 Å². The van der Waals surface area contributed by atoms with E-state index in [-0.39, 0.29) is 36.1 Å². The quantitative estimate of drug-likeness (QED) is 0.591. The van der Waals surface area contributed by atoms with Gasteiger partial charge in [0.2, 0.25) is 11.8 Å². The van der Waals surface area contributed by atoms with Gasteiger partial charge in [0.05, 0.1) is 22.6 Å². The largest absolute Gasteiger partial charge is 0.452 e. The number of ether oxygens (including phenoxy) is 1. The maximum Gasteiger partial charge on any atom is 0.338 e. The highest BCUT2D eigenvalue weighted by atomic mass is 16.5. The molecule has 0 aliphatic carbocycles. The number of fused-ring (bicyclic) bond motifs is 2. The third-order valence-corrected chi connectivity index (χ3v) is 6.12. The van der Waals surface area contributed by atoms with Gasteiger partial charge in [-0.3, -0.25) is 24.7 Å². The Balaban J connectivity index is 1.31. The molecular formula is C27H23N3O5. The zero-order valence-electron chi connectivity index (χ0n) is 18.9. The Bertz CT molecular complexity index is 1270. The number of para-hydroxylation sites is 2. The fourth-order valence-corrected chi connectivity index (χ4v) is 4.35. The van der Waals surface area contributed by atoms with Crippen LogP contribution in [0.25, 0.3) is 0 Å². The lowest BCUT2D eigenvalue weighted by molar-refractivity contribution is -0.130. The molecule has 5 rings (SSSR count). The minimum absolute atomic E-state index is 0.125. The molecule has 2 aliphatic heterocycles. The molecule has 1 saturated heterocycles. The van der Waals surface area contributed by atoms with E-state index in [1.807, 2.05) is 48.5 Å². The van der Waals surface area contributed by atoms with Gasteiger partial charge in [-0.05, 0) is 60.4 Å². The number of benzene rings is 3. The zero-order chi connectivity index (χ0) is 24.4. The van der Waals surface area contributed by atoms with Crippen LogP contribution >= 0.6 is 0 Å². The number of amides is 3. The Morgan fingerprint density at radius 3 is 2.00 bits per heavy atom. The summed E-state index contributed by atoms with van der Waals surface area (Å²) in [6.07, 6.45) is 1.90. The summed E-state index contributed by atoms with van der Waals surface area (Å²) in [5.41, 5.74) is 6.86. The molecule has 2 heterocycles. The Hall–Kier alpha value is -4.46. The van der Waals surface area contributed by atoms with Crippen LogP contribution in [0.15, 0.2) is 72.8 Å². The van der Waals surface area contributed by atoms with E-state index < -0.39 is 12.6 Å². The maximum atomic E-state index is 13.3. The summed E-state index contributed by atoms with van der Waals surface area (Å²) in [5.74, 6) is -1.49. The third-order valence-electron chi connectivity index (χ3n) is 6.12. The molecule has 0 bridgehead atoms. The van der Waals surface area contributed by atoms with E-state index in [0.29, 0.717) is 5.69 Å². The summed E-state index contributed by atoms with van der Waals surface area (Å²) in [5, 5.41) is 1.17. The van der Waals surface area contributed by atoms with E-state index in [4.69, 9.17) is 4.74 Å². The van der Waals surface area contributed by atoms with Gasteiger partial charge < -0.3 is 4.74 Å². The number of nitrogens with one attached hydrogen (secondary N) is 1. The van der Waals surface area contributed by atoms with Gasteiger partial charge in [-0.1, -0.05) is 36.4 Å². The smallest absolute Gasteiger partial charge is 0.338 e. The molecule has 3 aromatic rings. The van der Waals surface area contributed by atoms with Crippen molar-refractivity contribution in [3.63, 3.8) is 0 Å². The van der Waals surface area contributed by atoms with Crippen LogP contribution in [0.5, 0.6) is 0 Å². The summed E-state index contributed by atoms with van der Waals surface area (Å²) < 4.78 is 5.36. The fourth-order valence-electron chi connectivity index (χ4n) is 4.35. The number of nitrogens with zero attached hydrogens (tertiary/aromatic N) is 2. The molecule has 0 radical (unpaired) electrons. The maximum absolute atomic E-state index is 13.3. The van der Waals surface area contributed by atoms with Gasteiger partial charge in [-0.2, -0.15) is 0 Å². The molecule has 35 heavy (non-hydrogen) atoms. The Kier molecular flexibility index (Phi) is 6.01. The summed E-state index contributed by atoms with van der Waals surface area (Å²) in [4.78, 5) is 51.3. The van der Waals surface area contributed by atoms with E-state index in [9.17, 15) is 19.2 Å². The van der Waals surface area contributed by atoms with E-state index in [1.54, 1.807) is 17.0 Å². The molecule has 3 amide bonds. The first-order chi connectivity index (χ1) is 17.0. The molecule has 1 fully saturated rings. The van der Waals surface area contributed by atoms with Gasteiger partial charge in [0.1, 0.15) is 0 Å². The van der Waals surface area contributed by atoms with Crippen LogP contribution in [0.1, 0.15) is 34.3 Å². The van der Waals surface area contributed by atoms with Crippen molar-refractivity contribution in [3.05, 3.63) is 89.5 Å². The molecule has 0 spiro atoms. The second-order valence-corrected chi connectivity index (χ2v) is 8.37. The summed E-state index contributed by atoms with van der Waals surface area (Å²) in [6.45, 7) is -0.427. The molecule has 1 N–H and O–H groups in total. The second kappa shape index (κ2) is 9.42.